The number of hydrogen-bond acceptors (Lipinski definition) is 6. The maximum Gasteiger partial charge on any atom is 0.294 e. The first-order valence-corrected chi connectivity index (χ1v) is 19.4. The molecule has 266 valence electrons. The number of unbranched alkanes of at least 4 members (excludes halogenated alkanes) is 13. The van der Waals surface area contributed by atoms with Crippen LogP contribution in [0.1, 0.15) is 126 Å². The predicted octanol–water partition coefficient (Wildman–Crippen LogP) is 8.34. The molecule has 0 spiro atoms. The number of carbonyl (C=O) groups is 1. The van der Waals surface area contributed by atoms with Crippen LogP contribution < -0.4 is 15.5 Å². The molecule has 3 N–H and O–H groups in total. The quantitative estimate of drug-likeness (QED) is 0.0903. The highest BCUT2D eigenvalue weighted by Crippen LogP contribution is 2.26. The van der Waals surface area contributed by atoms with Gasteiger partial charge in [-0.25, -0.2) is 0 Å². The minimum Gasteiger partial charge on any atom is -0.378 e. The second-order valence-electron chi connectivity index (χ2n) is 13.3. The van der Waals surface area contributed by atoms with Gasteiger partial charge in [-0.2, -0.15) is 8.42 Å². The number of nitrogens with one attached hydrogen (secondary N) is 2. The van der Waals surface area contributed by atoms with Gasteiger partial charge in [-0.15, -0.1) is 0 Å². The van der Waals surface area contributed by atoms with E-state index < -0.39 is 10.1 Å². The Kier molecular flexibility index (Phi) is 19.9. The molecule has 9 heteroatoms. The molecule has 1 aliphatic heterocycles. The number of carbonyl (C=O) groups excluding carboxylic acids is 1. The van der Waals surface area contributed by atoms with Gasteiger partial charge in [0.05, 0.1) is 17.1 Å². The van der Waals surface area contributed by atoms with E-state index in [1.165, 1.54) is 102 Å². The van der Waals surface area contributed by atoms with E-state index in [1.807, 2.05) is 50.2 Å². The Balaban J connectivity index is 0.000000587. The average Bonchev–Trinajstić information content (AvgIpc) is 3.05. The molecule has 1 aliphatic rings. The largest absolute Gasteiger partial charge is 0.378 e. The molecule has 8 nitrogen and oxygen atoms in total. The molecule has 0 aromatic heterocycles. The Morgan fingerprint density at radius 2 is 1.36 bits per heavy atom. The Bertz CT molecular complexity index is 1210. The highest BCUT2D eigenvalue weighted by molar-refractivity contribution is 7.85. The van der Waals surface area contributed by atoms with Crippen LogP contribution in [0.3, 0.4) is 0 Å². The summed E-state index contributed by atoms with van der Waals surface area (Å²) in [5.41, 5.74) is 2.62. The molecular formula is C38H63N3O5S. The summed E-state index contributed by atoms with van der Waals surface area (Å²) in [6.45, 7) is 7.35. The topological polar surface area (TPSA) is 108 Å². The molecule has 2 aromatic rings. The Labute approximate surface area is 286 Å². The third-order valence-electron chi connectivity index (χ3n) is 8.95. The summed E-state index contributed by atoms with van der Waals surface area (Å²) in [7, 11) is -0.0101. The lowest BCUT2D eigenvalue weighted by Crippen LogP contribution is -2.51. The second kappa shape index (κ2) is 23.0. The fourth-order valence-corrected chi connectivity index (χ4v) is 6.40. The highest BCUT2D eigenvalue weighted by Gasteiger charge is 2.32. The van der Waals surface area contributed by atoms with Crippen molar-refractivity contribution in [1.29, 1.82) is 0 Å². The lowest BCUT2D eigenvalue weighted by Gasteiger charge is -2.38. The van der Waals surface area contributed by atoms with E-state index in [9.17, 15) is 13.2 Å². The van der Waals surface area contributed by atoms with Gasteiger partial charge >= 0.3 is 0 Å². The van der Waals surface area contributed by atoms with Crippen LogP contribution in [-0.2, 0) is 14.9 Å². The van der Waals surface area contributed by atoms with Crippen molar-refractivity contribution in [3.63, 3.8) is 0 Å². The molecule has 1 fully saturated rings. The maximum absolute atomic E-state index is 12.6. The third-order valence-corrected chi connectivity index (χ3v) is 9.82. The summed E-state index contributed by atoms with van der Waals surface area (Å²) < 4.78 is 35.8. The molecule has 1 saturated heterocycles. The van der Waals surface area contributed by atoms with Crippen LogP contribution in [0, 0.1) is 6.92 Å². The van der Waals surface area contributed by atoms with Gasteiger partial charge in [-0.3, -0.25) is 9.35 Å². The van der Waals surface area contributed by atoms with E-state index >= 15 is 0 Å². The van der Waals surface area contributed by atoms with Gasteiger partial charge in [0.1, 0.15) is 0 Å². The number of nitrogens with zero attached hydrogens (tertiary/aromatic N) is 1. The zero-order chi connectivity index (χ0) is 34.4. The average molecular weight is 674 g/mol. The fraction of sp³-hybridized carbons (Fsp3) is 0.658. The first-order valence-electron chi connectivity index (χ1n) is 18.0. The summed E-state index contributed by atoms with van der Waals surface area (Å²) >= 11 is 0. The van der Waals surface area contributed by atoms with Crippen LogP contribution in [0.25, 0.3) is 0 Å². The van der Waals surface area contributed by atoms with Gasteiger partial charge < -0.3 is 20.3 Å². The third kappa shape index (κ3) is 17.5. The molecule has 0 saturated carbocycles. The summed E-state index contributed by atoms with van der Waals surface area (Å²) in [4.78, 5) is 14.6. The van der Waals surface area contributed by atoms with Gasteiger partial charge in [0.2, 0.25) is 0 Å². The van der Waals surface area contributed by atoms with Crippen molar-refractivity contribution in [2.24, 2.45) is 0 Å². The van der Waals surface area contributed by atoms with Crippen molar-refractivity contribution in [2.45, 2.75) is 127 Å². The summed E-state index contributed by atoms with van der Waals surface area (Å²) in [6, 6.07) is 13.8. The number of benzene rings is 2. The minimum absolute atomic E-state index is 0.00396. The van der Waals surface area contributed by atoms with Crippen molar-refractivity contribution in [3.8, 4) is 0 Å². The Morgan fingerprint density at radius 1 is 0.830 bits per heavy atom. The standard InChI is InChI=1S/C31H55N3O2.C7H8O3S/c1-4-5-6-7-8-9-10-11-12-13-14-15-16-17-22-31(27-32-25-26-36-31)23-24-33-30(35)28-18-20-29(21-19-28)34(2)3;1-6-2-4-7(5-3-6)11(8,9)10/h18-21,32H,4-17,22-27H2,1-3H3,(H,33,35);2-5H,1H3,(H,8,9,10). The monoisotopic (exact) mass is 673 g/mol. The number of amides is 1. The van der Waals surface area contributed by atoms with E-state index in [1.54, 1.807) is 12.1 Å². The zero-order valence-electron chi connectivity index (χ0n) is 29.7. The first-order chi connectivity index (χ1) is 22.6. The van der Waals surface area contributed by atoms with Crippen molar-refractivity contribution in [1.82, 2.24) is 10.6 Å². The Hall–Kier alpha value is -2.46. The van der Waals surface area contributed by atoms with Crippen LogP contribution >= 0.6 is 0 Å². The molecule has 1 unspecified atom stereocenters. The first kappa shape index (κ1) is 40.7. The number of anilines is 1. The molecule has 2 aromatic carbocycles. The maximum atomic E-state index is 12.6. The molecule has 1 heterocycles. The molecule has 0 bridgehead atoms. The normalized spacial score (nSPS) is 16.3. The van der Waals surface area contributed by atoms with Crippen LogP contribution in [0.4, 0.5) is 5.69 Å². The van der Waals surface area contributed by atoms with Crippen LogP contribution in [0.2, 0.25) is 0 Å². The second-order valence-corrected chi connectivity index (χ2v) is 14.7. The Morgan fingerprint density at radius 3 is 1.83 bits per heavy atom. The predicted molar refractivity (Wildman–Crippen MR) is 195 cm³/mol. The number of rotatable bonds is 21. The number of hydrogen-bond donors (Lipinski definition) is 3. The lowest BCUT2D eigenvalue weighted by atomic mass is 9.90. The number of morpholine rings is 1. The van der Waals surface area contributed by atoms with Gasteiger partial charge in [0.15, 0.2) is 0 Å². The van der Waals surface area contributed by atoms with Crippen molar-refractivity contribution >= 4 is 21.7 Å². The summed E-state index contributed by atoms with van der Waals surface area (Å²) in [5, 5.41) is 6.63. The van der Waals surface area contributed by atoms with Crippen molar-refractivity contribution in [3.05, 3.63) is 59.7 Å². The molecule has 0 radical (unpaired) electrons. The zero-order valence-corrected chi connectivity index (χ0v) is 30.5. The van der Waals surface area contributed by atoms with Crippen LogP contribution in [0.5, 0.6) is 0 Å². The fourth-order valence-electron chi connectivity index (χ4n) is 5.92. The van der Waals surface area contributed by atoms with Gasteiger partial charge in [0, 0.05) is 45.0 Å². The summed E-state index contributed by atoms with van der Waals surface area (Å²) in [5.74, 6) is -0.00396. The molecule has 1 atom stereocenters. The van der Waals surface area contributed by atoms with Gasteiger partial charge in [0.25, 0.3) is 16.0 Å². The smallest absolute Gasteiger partial charge is 0.294 e. The molecule has 47 heavy (non-hydrogen) atoms. The molecule has 0 aliphatic carbocycles. The molecule has 1 amide bonds. The minimum atomic E-state index is -4.02. The van der Waals surface area contributed by atoms with E-state index in [0.29, 0.717) is 12.1 Å². The van der Waals surface area contributed by atoms with Gasteiger partial charge in [-0.1, -0.05) is 115 Å². The lowest BCUT2D eigenvalue weighted by molar-refractivity contribution is -0.0769. The van der Waals surface area contributed by atoms with E-state index in [2.05, 4.69) is 17.6 Å². The van der Waals surface area contributed by atoms with E-state index in [-0.39, 0.29) is 16.4 Å². The number of aryl methyl sites for hydroxylation is 1. The SMILES string of the molecule is CCCCCCCCCCCCCCCCC1(CCNC(=O)c2ccc(N(C)C)cc2)CNCCO1.Cc1ccc(S(=O)(=O)O)cc1. The van der Waals surface area contributed by atoms with Crippen LogP contribution in [-0.4, -0.2) is 64.8 Å². The van der Waals surface area contributed by atoms with Crippen LogP contribution in [0.15, 0.2) is 53.4 Å². The van der Waals surface area contributed by atoms with E-state index in [4.69, 9.17) is 9.29 Å². The molecular weight excluding hydrogens is 611 g/mol. The highest BCUT2D eigenvalue weighted by atomic mass is 32.2. The molecule has 3 rings (SSSR count). The summed E-state index contributed by atoms with van der Waals surface area (Å²) in [6.07, 6.45) is 21.3. The van der Waals surface area contributed by atoms with E-state index in [0.717, 1.165) is 43.8 Å². The van der Waals surface area contributed by atoms with Crippen molar-refractivity contribution < 1.29 is 22.5 Å². The van der Waals surface area contributed by atoms with Crippen molar-refractivity contribution in [2.75, 3.05) is 45.2 Å². The number of ether oxygens (including phenoxy) is 1. The van der Waals surface area contributed by atoms with Gasteiger partial charge in [-0.05, 0) is 56.2 Å².